The number of aromatic hydroxyl groups is 1. The number of carbonyl (C=O) groups excluding carboxylic acids is 1. The van der Waals surface area contributed by atoms with E-state index in [4.69, 9.17) is 4.74 Å². The van der Waals surface area contributed by atoms with Crippen LogP contribution in [-0.4, -0.2) is 23.1 Å². The van der Waals surface area contributed by atoms with E-state index in [-0.39, 0.29) is 18.1 Å². The lowest BCUT2D eigenvalue weighted by molar-refractivity contribution is -0.110. The van der Waals surface area contributed by atoms with Gasteiger partial charge >= 0.3 is 0 Å². The van der Waals surface area contributed by atoms with Gasteiger partial charge in [0.15, 0.2) is 5.78 Å². The Morgan fingerprint density at radius 3 is 2.13 bits per heavy atom. The number of rotatable bonds is 5. The highest BCUT2D eigenvalue weighted by atomic mass is 16.5. The van der Waals surface area contributed by atoms with Crippen LogP contribution in [0.25, 0.3) is 16.7 Å². The molecule has 190 valence electrons. The maximum Gasteiger partial charge on any atom is 0.178 e. The topological polar surface area (TPSA) is 66.8 Å². The van der Waals surface area contributed by atoms with Crippen LogP contribution >= 0.6 is 0 Å². The molecule has 4 nitrogen and oxygen atoms in total. The van der Waals surface area contributed by atoms with E-state index >= 15 is 0 Å². The number of methoxy groups -OCH3 is 1. The molecular formula is C35H26O4. The van der Waals surface area contributed by atoms with Gasteiger partial charge < -0.3 is 14.9 Å². The maximum atomic E-state index is 12.0. The largest absolute Gasteiger partial charge is 0.508 e. The van der Waals surface area contributed by atoms with Crippen LogP contribution in [0.3, 0.4) is 0 Å². The minimum Gasteiger partial charge on any atom is -0.508 e. The van der Waals surface area contributed by atoms with E-state index in [1.807, 2.05) is 78.9 Å². The van der Waals surface area contributed by atoms with Crippen molar-refractivity contribution in [1.29, 1.82) is 0 Å². The fraction of sp³-hybridized carbons (Fsp3) is 0.0571. The van der Waals surface area contributed by atoms with Crippen molar-refractivity contribution < 1.29 is 19.7 Å². The molecule has 0 saturated heterocycles. The van der Waals surface area contributed by atoms with E-state index in [1.165, 1.54) is 0 Å². The van der Waals surface area contributed by atoms with Crippen molar-refractivity contribution in [2.24, 2.45) is 0 Å². The number of ketones is 1. The Bertz CT molecular complexity index is 1640. The summed E-state index contributed by atoms with van der Waals surface area (Å²) in [6, 6.07) is 28.4. The van der Waals surface area contributed by atoms with Gasteiger partial charge in [0.1, 0.15) is 11.5 Å². The number of aliphatic hydroxyl groups is 1. The molecule has 0 unspecified atom stereocenters. The number of carbonyl (C=O) groups is 1. The lowest BCUT2D eigenvalue weighted by Crippen LogP contribution is -2.04. The summed E-state index contributed by atoms with van der Waals surface area (Å²) in [7, 11) is 1.63. The van der Waals surface area contributed by atoms with Gasteiger partial charge in [0.2, 0.25) is 0 Å². The lowest BCUT2D eigenvalue weighted by Gasteiger charge is -2.21. The summed E-state index contributed by atoms with van der Waals surface area (Å²) in [6.07, 6.45) is 6.75. The molecule has 0 radical (unpaired) electrons. The molecule has 0 spiro atoms. The standard InChI is InChI=1S/C35H26O4/c1-39-31-19-12-27(13-20-31)34(26-10-17-30(38)18-11-26)35-32(25-5-3-2-4-6-25)22-14-28(23-36)33(35)21-9-24-7-15-29(37)16-8-24/h2-8,10-20,22,36-37H,23H2,1H3. The number of hydrogen-bond acceptors (Lipinski definition) is 4. The molecule has 0 saturated carbocycles. The molecule has 0 fully saturated rings. The number of allylic oxidation sites excluding steroid dienone is 5. The summed E-state index contributed by atoms with van der Waals surface area (Å²) >= 11 is 0. The second kappa shape index (κ2) is 11.5. The van der Waals surface area contributed by atoms with Gasteiger partial charge in [0.25, 0.3) is 0 Å². The van der Waals surface area contributed by atoms with E-state index in [1.54, 1.807) is 43.5 Å². The highest BCUT2D eigenvalue weighted by Crippen LogP contribution is 2.40. The second-order valence-corrected chi connectivity index (χ2v) is 8.97. The van der Waals surface area contributed by atoms with E-state index in [0.717, 1.165) is 44.7 Å². The highest BCUT2D eigenvalue weighted by Gasteiger charge is 2.21. The number of ether oxygens (including phenoxy) is 1. The maximum absolute atomic E-state index is 12.0. The van der Waals surface area contributed by atoms with Gasteiger partial charge in [-0.25, -0.2) is 0 Å². The SMILES string of the molecule is COc1ccc(C(=C2C=CC(=O)C=C2)c2c(-c3ccccc3)ccc(CO)c2C#Cc2ccc(O)cc2)cc1. The molecule has 0 amide bonds. The Kier molecular flexibility index (Phi) is 7.54. The van der Waals surface area contributed by atoms with Crippen molar-refractivity contribution >= 4 is 11.4 Å². The van der Waals surface area contributed by atoms with Crippen LogP contribution in [-0.2, 0) is 11.4 Å². The number of phenols is 1. The van der Waals surface area contributed by atoms with Crippen molar-refractivity contribution in [2.45, 2.75) is 6.61 Å². The Labute approximate surface area is 227 Å². The molecule has 1 aliphatic carbocycles. The van der Waals surface area contributed by atoms with E-state index < -0.39 is 0 Å². The molecular weight excluding hydrogens is 484 g/mol. The summed E-state index contributed by atoms with van der Waals surface area (Å²) in [5.41, 5.74) is 7.52. The Balaban J connectivity index is 1.86. The van der Waals surface area contributed by atoms with E-state index in [9.17, 15) is 15.0 Å². The number of phenolic OH excluding ortho intramolecular Hbond substituents is 1. The van der Waals surface area contributed by atoms with Crippen molar-refractivity contribution in [3.05, 3.63) is 149 Å². The van der Waals surface area contributed by atoms with Crippen LogP contribution in [0, 0.1) is 11.8 Å². The van der Waals surface area contributed by atoms with Gasteiger partial charge in [-0.3, -0.25) is 4.79 Å². The zero-order valence-corrected chi connectivity index (χ0v) is 21.4. The van der Waals surface area contributed by atoms with Crippen LogP contribution in [0.15, 0.2) is 121 Å². The van der Waals surface area contributed by atoms with Gasteiger partial charge in [0.05, 0.1) is 13.7 Å². The summed E-state index contributed by atoms with van der Waals surface area (Å²) in [6.45, 7) is -0.197. The first kappa shape index (κ1) is 25.5. The van der Waals surface area contributed by atoms with Crippen LogP contribution in [0.1, 0.15) is 27.8 Å². The number of benzene rings is 4. The van der Waals surface area contributed by atoms with Gasteiger partial charge in [-0.2, -0.15) is 0 Å². The molecule has 4 aromatic carbocycles. The molecule has 4 heteroatoms. The van der Waals surface area contributed by atoms with Gasteiger partial charge in [-0.15, -0.1) is 0 Å². The average molecular weight is 511 g/mol. The van der Waals surface area contributed by atoms with Crippen molar-refractivity contribution in [3.63, 3.8) is 0 Å². The Morgan fingerprint density at radius 2 is 1.49 bits per heavy atom. The third-order valence-corrected chi connectivity index (χ3v) is 6.52. The van der Waals surface area contributed by atoms with Crippen molar-refractivity contribution in [3.8, 4) is 34.5 Å². The summed E-state index contributed by atoms with van der Waals surface area (Å²) < 4.78 is 5.40. The summed E-state index contributed by atoms with van der Waals surface area (Å²) in [5, 5.41) is 20.1. The normalized spacial score (nSPS) is 12.2. The Hall–Kier alpha value is -5.11. The fourth-order valence-corrected chi connectivity index (χ4v) is 4.55. The Morgan fingerprint density at radius 1 is 0.795 bits per heavy atom. The smallest absolute Gasteiger partial charge is 0.178 e. The third kappa shape index (κ3) is 5.60. The predicted octanol–water partition coefficient (Wildman–Crippen LogP) is 6.46. The second-order valence-electron chi connectivity index (χ2n) is 8.97. The molecule has 0 bridgehead atoms. The number of hydrogen-bond donors (Lipinski definition) is 2. The molecule has 5 rings (SSSR count). The molecule has 4 aromatic rings. The minimum atomic E-state index is -0.197. The summed E-state index contributed by atoms with van der Waals surface area (Å²) in [4.78, 5) is 12.0. The monoisotopic (exact) mass is 510 g/mol. The molecule has 0 atom stereocenters. The first-order valence-corrected chi connectivity index (χ1v) is 12.5. The first-order valence-electron chi connectivity index (χ1n) is 12.5. The van der Waals surface area contributed by atoms with E-state index in [2.05, 4.69) is 11.8 Å². The zero-order chi connectivity index (χ0) is 27.2. The minimum absolute atomic E-state index is 0.0763. The molecule has 0 aliphatic heterocycles. The third-order valence-electron chi connectivity index (χ3n) is 6.52. The van der Waals surface area contributed by atoms with Crippen LogP contribution in [0.2, 0.25) is 0 Å². The van der Waals surface area contributed by atoms with Gasteiger partial charge in [-0.1, -0.05) is 78.6 Å². The predicted molar refractivity (Wildman–Crippen MR) is 154 cm³/mol. The quantitative estimate of drug-likeness (QED) is 0.303. The average Bonchev–Trinajstić information content (AvgIpc) is 2.99. The van der Waals surface area contributed by atoms with Crippen molar-refractivity contribution in [1.82, 2.24) is 0 Å². The van der Waals surface area contributed by atoms with Crippen LogP contribution < -0.4 is 4.74 Å². The summed E-state index contributed by atoms with van der Waals surface area (Å²) in [5.74, 6) is 7.37. The lowest BCUT2D eigenvalue weighted by atomic mass is 9.82. The van der Waals surface area contributed by atoms with Gasteiger partial charge in [0, 0.05) is 16.7 Å². The van der Waals surface area contributed by atoms with Crippen LogP contribution in [0.5, 0.6) is 11.5 Å². The molecule has 0 heterocycles. The van der Waals surface area contributed by atoms with Crippen molar-refractivity contribution in [2.75, 3.05) is 7.11 Å². The highest BCUT2D eigenvalue weighted by molar-refractivity contribution is 6.04. The van der Waals surface area contributed by atoms with E-state index in [0.29, 0.717) is 11.1 Å². The first-order chi connectivity index (χ1) is 19.1. The van der Waals surface area contributed by atoms with Crippen LogP contribution in [0.4, 0.5) is 0 Å². The molecule has 2 N–H and O–H groups in total. The zero-order valence-electron chi connectivity index (χ0n) is 21.4. The molecule has 0 aromatic heterocycles. The van der Waals surface area contributed by atoms with Gasteiger partial charge in [-0.05, 0) is 82.0 Å². The number of aliphatic hydroxyl groups excluding tert-OH is 1. The molecule has 39 heavy (non-hydrogen) atoms. The molecule has 1 aliphatic rings. The fourth-order valence-electron chi connectivity index (χ4n) is 4.55.